The Morgan fingerprint density at radius 2 is 1.57 bits per heavy atom. The van der Waals surface area contributed by atoms with Gasteiger partial charge < -0.3 is 0 Å². The zero-order valence-corrected chi connectivity index (χ0v) is 8.73. The molecule has 3 nitrogen and oxygen atoms in total. The van der Waals surface area contributed by atoms with Gasteiger partial charge in [0.25, 0.3) is 0 Å². The lowest BCUT2D eigenvalue weighted by Crippen LogP contribution is -2.09. The summed E-state index contributed by atoms with van der Waals surface area (Å²) in [5.41, 5.74) is 0. The van der Waals surface area contributed by atoms with E-state index in [1.165, 1.54) is 51.4 Å². The smallest absolute Gasteiger partial charge is 0.0693 e. The molecule has 1 saturated carbocycles. The molecule has 78 valence electrons. The lowest BCUT2D eigenvalue weighted by molar-refractivity contribution is 0.375. The van der Waals surface area contributed by atoms with Crippen LogP contribution in [0.2, 0.25) is 0 Å². The summed E-state index contributed by atoms with van der Waals surface area (Å²) in [5.74, 6) is 0. The first-order chi connectivity index (χ1) is 6.97. The molecule has 0 aliphatic heterocycles. The lowest BCUT2D eigenvalue weighted by Gasteiger charge is -2.15. The van der Waals surface area contributed by atoms with Crippen LogP contribution in [0.4, 0.5) is 0 Å². The van der Waals surface area contributed by atoms with Crippen LogP contribution in [-0.2, 0) is 0 Å². The maximum absolute atomic E-state index is 4.11. The van der Waals surface area contributed by atoms with E-state index in [9.17, 15) is 0 Å². The molecule has 0 atom stereocenters. The Morgan fingerprint density at radius 1 is 0.929 bits per heavy atom. The van der Waals surface area contributed by atoms with Gasteiger partial charge in [0.1, 0.15) is 0 Å². The molecular formula is C11H19N3. The SMILES string of the molecule is c1cn(C2CCCCCCCC2)nn1. The highest BCUT2D eigenvalue weighted by molar-refractivity contribution is 4.73. The van der Waals surface area contributed by atoms with Gasteiger partial charge in [-0.25, -0.2) is 4.68 Å². The molecule has 0 aromatic carbocycles. The van der Waals surface area contributed by atoms with Gasteiger partial charge in [0, 0.05) is 6.20 Å². The second-order valence-corrected chi connectivity index (χ2v) is 4.24. The van der Waals surface area contributed by atoms with Crippen LogP contribution in [0.3, 0.4) is 0 Å². The van der Waals surface area contributed by atoms with Gasteiger partial charge in [0.15, 0.2) is 0 Å². The minimum absolute atomic E-state index is 0.607. The second-order valence-electron chi connectivity index (χ2n) is 4.24. The monoisotopic (exact) mass is 193 g/mol. The summed E-state index contributed by atoms with van der Waals surface area (Å²) < 4.78 is 2.05. The largest absolute Gasteiger partial charge is 0.250 e. The highest BCUT2D eigenvalue weighted by Gasteiger charge is 2.12. The van der Waals surface area contributed by atoms with Crippen molar-refractivity contribution >= 4 is 0 Å². The van der Waals surface area contributed by atoms with Gasteiger partial charge in [-0.2, -0.15) is 0 Å². The Kier molecular flexibility index (Phi) is 3.55. The zero-order chi connectivity index (χ0) is 9.64. The number of rotatable bonds is 1. The van der Waals surface area contributed by atoms with Crippen molar-refractivity contribution < 1.29 is 0 Å². The fourth-order valence-corrected chi connectivity index (χ4v) is 2.29. The molecule has 1 aromatic heterocycles. The second kappa shape index (κ2) is 5.13. The number of hydrogen-bond donors (Lipinski definition) is 0. The van der Waals surface area contributed by atoms with Gasteiger partial charge in [-0.15, -0.1) is 5.10 Å². The quantitative estimate of drug-likeness (QED) is 0.686. The summed E-state index contributed by atoms with van der Waals surface area (Å²) in [7, 11) is 0. The number of hydrogen-bond acceptors (Lipinski definition) is 2. The van der Waals surface area contributed by atoms with Crippen LogP contribution in [0.5, 0.6) is 0 Å². The summed E-state index contributed by atoms with van der Waals surface area (Å²) in [6.45, 7) is 0. The highest BCUT2D eigenvalue weighted by Crippen LogP contribution is 2.24. The molecule has 0 bridgehead atoms. The molecule has 1 aromatic rings. The van der Waals surface area contributed by atoms with Crippen molar-refractivity contribution in [2.45, 2.75) is 57.4 Å². The third-order valence-electron chi connectivity index (χ3n) is 3.14. The molecule has 0 spiro atoms. The summed E-state index contributed by atoms with van der Waals surface area (Å²) in [6.07, 6.45) is 14.7. The molecule has 1 aliphatic rings. The molecular weight excluding hydrogens is 174 g/mol. The Morgan fingerprint density at radius 3 is 2.14 bits per heavy atom. The average molecular weight is 193 g/mol. The Hall–Kier alpha value is -0.860. The zero-order valence-electron chi connectivity index (χ0n) is 8.73. The Balaban J connectivity index is 1.94. The lowest BCUT2D eigenvalue weighted by atomic mass is 10.1. The summed E-state index contributed by atoms with van der Waals surface area (Å²) in [4.78, 5) is 0. The minimum atomic E-state index is 0.607. The fraction of sp³-hybridized carbons (Fsp3) is 0.818. The summed E-state index contributed by atoms with van der Waals surface area (Å²) in [6, 6.07) is 0.607. The van der Waals surface area contributed by atoms with E-state index in [0.29, 0.717) is 6.04 Å². The van der Waals surface area contributed by atoms with E-state index in [4.69, 9.17) is 0 Å². The first kappa shape index (κ1) is 9.69. The van der Waals surface area contributed by atoms with Crippen molar-refractivity contribution in [1.82, 2.24) is 15.0 Å². The molecule has 14 heavy (non-hydrogen) atoms. The molecule has 1 heterocycles. The van der Waals surface area contributed by atoms with Crippen LogP contribution < -0.4 is 0 Å². The van der Waals surface area contributed by atoms with Crippen LogP contribution in [0.25, 0.3) is 0 Å². The van der Waals surface area contributed by atoms with E-state index in [2.05, 4.69) is 10.3 Å². The van der Waals surface area contributed by atoms with Crippen molar-refractivity contribution in [3.63, 3.8) is 0 Å². The molecule has 0 saturated heterocycles. The minimum Gasteiger partial charge on any atom is -0.250 e. The van der Waals surface area contributed by atoms with E-state index in [0.717, 1.165) is 0 Å². The van der Waals surface area contributed by atoms with Gasteiger partial charge in [-0.3, -0.25) is 0 Å². The molecule has 3 heteroatoms. The highest BCUT2D eigenvalue weighted by atomic mass is 15.4. The topological polar surface area (TPSA) is 30.7 Å². The van der Waals surface area contributed by atoms with Crippen LogP contribution in [0.15, 0.2) is 12.4 Å². The average Bonchev–Trinajstić information content (AvgIpc) is 2.75. The Labute approximate surface area is 85.5 Å². The molecule has 0 unspecified atom stereocenters. The van der Waals surface area contributed by atoms with Crippen LogP contribution in [0, 0.1) is 0 Å². The summed E-state index contributed by atoms with van der Waals surface area (Å²) >= 11 is 0. The molecule has 1 aliphatic carbocycles. The van der Waals surface area contributed by atoms with Gasteiger partial charge in [-0.1, -0.05) is 43.7 Å². The van der Waals surface area contributed by atoms with Crippen molar-refractivity contribution in [2.24, 2.45) is 0 Å². The van der Waals surface area contributed by atoms with E-state index in [1.807, 2.05) is 10.9 Å². The maximum atomic E-state index is 4.11. The van der Waals surface area contributed by atoms with Crippen molar-refractivity contribution in [2.75, 3.05) is 0 Å². The molecule has 0 amide bonds. The van der Waals surface area contributed by atoms with E-state index >= 15 is 0 Å². The third kappa shape index (κ3) is 2.56. The molecule has 2 rings (SSSR count). The van der Waals surface area contributed by atoms with Crippen LogP contribution in [-0.4, -0.2) is 15.0 Å². The van der Waals surface area contributed by atoms with Crippen molar-refractivity contribution in [1.29, 1.82) is 0 Å². The van der Waals surface area contributed by atoms with Gasteiger partial charge in [0.05, 0.1) is 12.2 Å². The van der Waals surface area contributed by atoms with Gasteiger partial charge in [-0.05, 0) is 12.8 Å². The molecule has 1 fully saturated rings. The standard InChI is InChI=1S/C11H19N3/c1-2-4-6-8-11(7-5-3-1)14-10-9-12-13-14/h9-11H,1-8H2. The maximum Gasteiger partial charge on any atom is 0.0693 e. The first-order valence-electron chi connectivity index (χ1n) is 5.82. The molecule has 0 N–H and O–H groups in total. The van der Waals surface area contributed by atoms with Gasteiger partial charge in [0.2, 0.25) is 0 Å². The fourth-order valence-electron chi connectivity index (χ4n) is 2.29. The summed E-state index contributed by atoms with van der Waals surface area (Å²) in [5, 5.41) is 8.00. The third-order valence-corrected chi connectivity index (χ3v) is 3.14. The van der Waals surface area contributed by atoms with Gasteiger partial charge >= 0.3 is 0 Å². The number of nitrogens with zero attached hydrogens (tertiary/aromatic N) is 3. The number of aromatic nitrogens is 3. The van der Waals surface area contributed by atoms with E-state index in [1.54, 1.807) is 6.20 Å². The predicted octanol–water partition coefficient (Wildman–Crippen LogP) is 2.95. The van der Waals surface area contributed by atoms with E-state index in [-0.39, 0.29) is 0 Å². The van der Waals surface area contributed by atoms with E-state index < -0.39 is 0 Å². The van der Waals surface area contributed by atoms with Crippen LogP contribution >= 0.6 is 0 Å². The van der Waals surface area contributed by atoms with Crippen molar-refractivity contribution in [3.8, 4) is 0 Å². The van der Waals surface area contributed by atoms with Crippen LogP contribution in [0.1, 0.15) is 57.4 Å². The normalized spacial score (nSPS) is 21.1. The molecule has 0 radical (unpaired) electrons. The predicted molar refractivity (Wildman–Crippen MR) is 56.0 cm³/mol. The first-order valence-corrected chi connectivity index (χ1v) is 5.82. The van der Waals surface area contributed by atoms with Crippen molar-refractivity contribution in [3.05, 3.63) is 12.4 Å². The Bertz CT molecular complexity index is 233.